The van der Waals surface area contributed by atoms with Gasteiger partial charge < -0.3 is 5.11 Å². The number of carboxylic acid groups (broad SMARTS) is 1. The molecule has 0 spiro atoms. The topological polar surface area (TPSA) is 40.5 Å². The van der Waals surface area contributed by atoms with Crippen LogP contribution in [-0.2, 0) is 4.79 Å². The SMILES string of the molecule is CSCCCN(CC(=O)O)C1CC1. The lowest BCUT2D eigenvalue weighted by molar-refractivity contribution is -0.138. The van der Waals surface area contributed by atoms with Crippen molar-refractivity contribution in [2.75, 3.05) is 25.1 Å². The number of nitrogens with zero attached hydrogens (tertiary/aromatic N) is 1. The van der Waals surface area contributed by atoms with Crippen molar-refractivity contribution >= 4 is 17.7 Å². The zero-order valence-corrected chi connectivity index (χ0v) is 8.85. The van der Waals surface area contributed by atoms with Gasteiger partial charge in [0.2, 0.25) is 0 Å². The van der Waals surface area contributed by atoms with E-state index >= 15 is 0 Å². The molecule has 0 heterocycles. The highest BCUT2D eigenvalue weighted by atomic mass is 32.2. The van der Waals surface area contributed by atoms with Gasteiger partial charge in [-0.3, -0.25) is 9.69 Å². The zero-order valence-electron chi connectivity index (χ0n) is 8.03. The fourth-order valence-corrected chi connectivity index (χ4v) is 1.83. The molecule has 0 atom stereocenters. The normalized spacial score (nSPS) is 16.5. The number of hydrogen-bond donors (Lipinski definition) is 1. The summed E-state index contributed by atoms with van der Waals surface area (Å²) >= 11 is 1.82. The molecule has 1 saturated carbocycles. The number of thioether (sulfide) groups is 1. The maximum Gasteiger partial charge on any atom is 0.317 e. The van der Waals surface area contributed by atoms with E-state index in [0.29, 0.717) is 6.04 Å². The summed E-state index contributed by atoms with van der Waals surface area (Å²) in [6.07, 6.45) is 5.56. The van der Waals surface area contributed by atoms with Gasteiger partial charge in [-0.15, -0.1) is 0 Å². The standard InChI is InChI=1S/C9H17NO2S/c1-13-6-2-5-10(7-9(11)12)8-3-4-8/h8H,2-7H2,1H3,(H,11,12). The second kappa shape index (κ2) is 5.50. The Morgan fingerprint density at radius 2 is 2.31 bits per heavy atom. The first-order chi connectivity index (χ1) is 6.24. The molecule has 0 aromatic heterocycles. The maximum absolute atomic E-state index is 10.5. The van der Waals surface area contributed by atoms with Gasteiger partial charge in [-0.1, -0.05) is 0 Å². The van der Waals surface area contributed by atoms with Crippen LogP contribution in [0, 0.1) is 0 Å². The van der Waals surface area contributed by atoms with E-state index in [1.54, 1.807) is 0 Å². The average molecular weight is 203 g/mol. The molecule has 0 amide bonds. The second-order valence-electron chi connectivity index (χ2n) is 3.44. The van der Waals surface area contributed by atoms with Crippen molar-refractivity contribution in [3.63, 3.8) is 0 Å². The summed E-state index contributed by atoms with van der Waals surface area (Å²) in [6, 6.07) is 0.568. The molecular weight excluding hydrogens is 186 g/mol. The number of carbonyl (C=O) groups is 1. The molecule has 0 bridgehead atoms. The third-order valence-corrected chi connectivity index (χ3v) is 2.89. The Labute approximate surface area is 83.5 Å². The van der Waals surface area contributed by atoms with Crippen LogP contribution in [0.2, 0.25) is 0 Å². The first kappa shape index (κ1) is 10.9. The van der Waals surface area contributed by atoms with Crippen LogP contribution < -0.4 is 0 Å². The third-order valence-electron chi connectivity index (χ3n) is 2.20. The molecule has 13 heavy (non-hydrogen) atoms. The molecule has 1 rings (SSSR count). The van der Waals surface area contributed by atoms with Gasteiger partial charge in [-0.2, -0.15) is 11.8 Å². The van der Waals surface area contributed by atoms with Crippen LogP contribution in [0.5, 0.6) is 0 Å². The lowest BCUT2D eigenvalue weighted by atomic mass is 10.4. The summed E-state index contributed by atoms with van der Waals surface area (Å²) in [5, 5.41) is 8.67. The molecule has 0 aromatic carbocycles. The van der Waals surface area contributed by atoms with Gasteiger partial charge in [-0.05, 0) is 37.8 Å². The molecule has 0 aromatic rings. The van der Waals surface area contributed by atoms with E-state index in [1.807, 2.05) is 11.8 Å². The van der Waals surface area contributed by atoms with Crippen LogP contribution in [0.15, 0.2) is 0 Å². The molecule has 1 fully saturated rings. The highest BCUT2D eigenvalue weighted by Crippen LogP contribution is 2.26. The largest absolute Gasteiger partial charge is 0.480 e. The summed E-state index contributed by atoms with van der Waals surface area (Å²) in [6.45, 7) is 1.16. The van der Waals surface area contributed by atoms with Crippen molar-refractivity contribution in [2.45, 2.75) is 25.3 Å². The Balaban J connectivity index is 2.17. The molecule has 3 nitrogen and oxygen atoms in total. The van der Waals surface area contributed by atoms with E-state index in [2.05, 4.69) is 11.2 Å². The molecular formula is C9H17NO2S. The van der Waals surface area contributed by atoms with Crippen LogP contribution >= 0.6 is 11.8 Å². The fourth-order valence-electron chi connectivity index (χ4n) is 1.42. The van der Waals surface area contributed by atoms with Gasteiger partial charge >= 0.3 is 5.97 Å². The zero-order chi connectivity index (χ0) is 9.68. The van der Waals surface area contributed by atoms with Crippen LogP contribution in [-0.4, -0.2) is 47.1 Å². The number of carboxylic acids is 1. The molecule has 76 valence electrons. The van der Waals surface area contributed by atoms with Crippen molar-refractivity contribution in [1.29, 1.82) is 0 Å². The first-order valence-electron chi connectivity index (χ1n) is 4.69. The highest BCUT2D eigenvalue weighted by Gasteiger charge is 2.29. The predicted molar refractivity (Wildman–Crippen MR) is 55.2 cm³/mol. The van der Waals surface area contributed by atoms with Gasteiger partial charge in [0.15, 0.2) is 0 Å². The highest BCUT2D eigenvalue weighted by molar-refractivity contribution is 7.98. The molecule has 0 aliphatic heterocycles. The van der Waals surface area contributed by atoms with Gasteiger partial charge in [0.25, 0.3) is 0 Å². The monoisotopic (exact) mass is 203 g/mol. The van der Waals surface area contributed by atoms with Crippen LogP contribution in [0.25, 0.3) is 0 Å². The summed E-state index contributed by atoms with van der Waals surface area (Å²) < 4.78 is 0. The second-order valence-corrected chi connectivity index (χ2v) is 4.43. The Kier molecular flexibility index (Phi) is 4.59. The molecule has 1 aliphatic carbocycles. The van der Waals surface area contributed by atoms with Gasteiger partial charge in [0.05, 0.1) is 6.54 Å². The Morgan fingerprint density at radius 1 is 1.62 bits per heavy atom. The van der Waals surface area contributed by atoms with Gasteiger partial charge in [0.1, 0.15) is 0 Å². The molecule has 0 radical (unpaired) electrons. The van der Waals surface area contributed by atoms with E-state index in [9.17, 15) is 4.79 Å². The van der Waals surface area contributed by atoms with E-state index in [4.69, 9.17) is 5.11 Å². The van der Waals surface area contributed by atoms with E-state index < -0.39 is 5.97 Å². The van der Waals surface area contributed by atoms with Crippen LogP contribution in [0.1, 0.15) is 19.3 Å². The van der Waals surface area contributed by atoms with Crippen molar-refractivity contribution in [3.05, 3.63) is 0 Å². The summed E-state index contributed by atoms with van der Waals surface area (Å²) in [5.41, 5.74) is 0. The van der Waals surface area contributed by atoms with Crippen molar-refractivity contribution in [3.8, 4) is 0 Å². The maximum atomic E-state index is 10.5. The molecule has 1 aliphatic rings. The molecule has 0 unspecified atom stereocenters. The molecule has 4 heteroatoms. The lowest BCUT2D eigenvalue weighted by Crippen LogP contribution is -2.32. The minimum Gasteiger partial charge on any atom is -0.480 e. The summed E-state index contributed by atoms with van der Waals surface area (Å²) in [4.78, 5) is 12.6. The predicted octanol–water partition coefficient (Wildman–Crippen LogP) is 1.29. The number of rotatable bonds is 7. The van der Waals surface area contributed by atoms with Crippen molar-refractivity contribution in [1.82, 2.24) is 4.90 Å². The Hall–Kier alpha value is -0.220. The van der Waals surface area contributed by atoms with Crippen LogP contribution in [0.3, 0.4) is 0 Å². The quantitative estimate of drug-likeness (QED) is 0.633. The van der Waals surface area contributed by atoms with E-state index in [1.165, 1.54) is 12.8 Å². The fraction of sp³-hybridized carbons (Fsp3) is 0.889. The third kappa shape index (κ3) is 4.52. The van der Waals surface area contributed by atoms with E-state index in [-0.39, 0.29) is 6.54 Å². The van der Waals surface area contributed by atoms with Crippen molar-refractivity contribution < 1.29 is 9.90 Å². The summed E-state index contributed by atoms with van der Waals surface area (Å²) in [7, 11) is 0. The number of aliphatic carboxylic acids is 1. The molecule has 0 saturated heterocycles. The number of hydrogen-bond acceptors (Lipinski definition) is 3. The van der Waals surface area contributed by atoms with E-state index in [0.717, 1.165) is 18.7 Å². The van der Waals surface area contributed by atoms with Crippen LogP contribution in [0.4, 0.5) is 0 Å². The Bertz CT molecular complexity index is 171. The molecule has 1 N–H and O–H groups in total. The summed E-state index contributed by atoms with van der Waals surface area (Å²) in [5.74, 6) is 0.430. The van der Waals surface area contributed by atoms with Crippen molar-refractivity contribution in [2.24, 2.45) is 0 Å². The minimum absolute atomic E-state index is 0.221. The smallest absolute Gasteiger partial charge is 0.317 e. The minimum atomic E-state index is -0.698. The Morgan fingerprint density at radius 3 is 2.77 bits per heavy atom. The van der Waals surface area contributed by atoms with Gasteiger partial charge in [0, 0.05) is 6.04 Å². The lowest BCUT2D eigenvalue weighted by Gasteiger charge is -2.18. The average Bonchev–Trinajstić information content (AvgIpc) is 2.84. The first-order valence-corrected chi connectivity index (χ1v) is 6.08. The van der Waals surface area contributed by atoms with Gasteiger partial charge in [-0.25, -0.2) is 0 Å².